The Kier molecular flexibility index (Phi) is 6.65. The zero-order valence-corrected chi connectivity index (χ0v) is 11.7. The second-order valence-corrected chi connectivity index (χ2v) is 5.18. The molecule has 0 saturated heterocycles. The Labute approximate surface area is 113 Å². The van der Waals surface area contributed by atoms with Crippen LogP contribution < -0.4 is 0 Å². The predicted molar refractivity (Wildman–Crippen MR) is 74.8 cm³/mol. The second-order valence-electron chi connectivity index (χ2n) is 3.99. The van der Waals surface area contributed by atoms with Crippen molar-refractivity contribution in [2.45, 2.75) is 31.9 Å². The highest BCUT2D eigenvalue weighted by molar-refractivity contribution is 8.00. The standard InChI is InChI=1S/C14H20O3S/c1-3-6-13(18-10-14(16)17-4-2)11-7-5-8-12(15)9-11/h5,7-9,13,15H,3-4,6,10H2,1-2H3. The molecule has 0 spiro atoms. The first-order valence-electron chi connectivity index (χ1n) is 6.23. The highest BCUT2D eigenvalue weighted by Gasteiger charge is 2.14. The van der Waals surface area contributed by atoms with Crippen molar-refractivity contribution in [2.75, 3.05) is 12.4 Å². The number of thioether (sulfide) groups is 1. The van der Waals surface area contributed by atoms with Crippen LogP contribution in [-0.2, 0) is 9.53 Å². The SMILES string of the molecule is CCCC(SCC(=O)OCC)c1cccc(O)c1. The van der Waals surface area contributed by atoms with Gasteiger partial charge in [-0.3, -0.25) is 4.79 Å². The van der Waals surface area contributed by atoms with Gasteiger partial charge in [0.15, 0.2) is 0 Å². The van der Waals surface area contributed by atoms with E-state index in [0.29, 0.717) is 12.4 Å². The van der Waals surface area contributed by atoms with Gasteiger partial charge < -0.3 is 9.84 Å². The number of ether oxygens (including phenoxy) is 1. The molecule has 1 unspecified atom stereocenters. The van der Waals surface area contributed by atoms with Crippen LogP contribution in [0.4, 0.5) is 0 Å². The number of carbonyl (C=O) groups excluding carboxylic acids is 1. The highest BCUT2D eigenvalue weighted by Crippen LogP contribution is 2.34. The fourth-order valence-electron chi connectivity index (χ4n) is 1.70. The van der Waals surface area contributed by atoms with Crippen molar-refractivity contribution in [1.82, 2.24) is 0 Å². The number of hydrogen-bond acceptors (Lipinski definition) is 4. The highest BCUT2D eigenvalue weighted by atomic mass is 32.2. The van der Waals surface area contributed by atoms with Gasteiger partial charge in [-0.15, -0.1) is 11.8 Å². The van der Waals surface area contributed by atoms with E-state index >= 15 is 0 Å². The number of hydrogen-bond donors (Lipinski definition) is 1. The predicted octanol–water partition coefficient (Wildman–Crippen LogP) is 3.53. The largest absolute Gasteiger partial charge is 0.508 e. The molecule has 0 saturated carbocycles. The van der Waals surface area contributed by atoms with Crippen LogP contribution in [0.2, 0.25) is 0 Å². The van der Waals surface area contributed by atoms with Gasteiger partial charge in [0.1, 0.15) is 5.75 Å². The Balaban J connectivity index is 2.62. The number of rotatable bonds is 7. The van der Waals surface area contributed by atoms with Gasteiger partial charge in [0, 0.05) is 5.25 Å². The minimum atomic E-state index is -0.177. The van der Waals surface area contributed by atoms with E-state index in [1.807, 2.05) is 12.1 Å². The maximum atomic E-state index is 11.4. The van der Waals surface area contributed by atoms with Gasteiger partial charge in [-0.1, -0.05) is 25.5 Å². The Morgan fingerprint density at radius 1 is 1.44 bits per heavy atom. The molecule has 0 fully saturated rings. The van der Waals surface area contributed by atoms with E-state index in [-0.39, 0.29) is 17.0 Å². The van der Waals surface area contributed by atoms with Crippen molar-refractivity contribution in [2.24, 2.45) is 0 Å². The van der Waals surface area contributed by atoms with E-state index < -0.39 is 0 Å². The van der Waals surface area contributed by atoms with Gasteiger partial charge in [0.25, 0.3) is 0 Å². The minimum Gasteiger partial charge on any atom is -0.508 e. The molecule has 1 N–H and O–H groups in total. The molecule has 0 aromatic heterocycles. The van der Waals surface area contributed by atoms with Crippen molar-refractivity contribution in [3.63, 3.8) is 0 Å². The van der Waals surface area contributed by atoms with Gasteiger partial charge in [0.05, 0.1) is 12.4 Å². The average Bonchev–Trinajstić information content (AvgIpc) is 2.35. The third kappa shape index (κ3) is 5.00. The maximum Gasteiger partial charge on any atom is 0.315 e. The summed E-state index contributed by atoms with van der Waals surface area (Å²) in [5, 5.41) is 9.72. The quantitative estimate of drug-likeness (QED) is 0.768. The van der Waals surface area contributed by atoms with Crippen LogP contribution >= 0.6 is 11.8 Å². The second kappa shape index (κ2) is 8.03. The summed E-state index contributed by atoms with van der Waals surface area (Å²) in [6, 6.07) is 7.23. The molecule has 1 rings (SSSR count). The van der Waals surface area contributed by atoms with E-state index in [2.05, 4.69) is 6.92 Å². The number of aromatic hydroxyl groups is 1. The molecule has 0 aliphatic carbocycles. The zero-order chi connectivity index (χ0) is 13.4. The molecular formula is C14H20O3S. The molecule has 1 aromatic rings. The van der Waals surface area contributed by atoms with E-state index in [4.69, 9.17) is 4.74 Å². The van der Waals surface area contributed by atoms with E-state index in [0.717, 1.165) is 18.4 Å². The summed E-state index contributed by atoms with van der Waals surface area (Å²) in [4.78, 5) is 11.4. The maximum absolute atomic E-state index is 11.4. The molecule has 0 bridgehead atoms. The summed E-state index contributed by atoms with van der Waals surface area (Å²) in [6.07, 6.45) is 2.02. The van der Waals surface area contributed by atoms with Gasteiger partial charge in [-0.05, 0) is 31.0 Å². The van der Waals surface area contributed by atoms with E-state index in [1.165, 1.54) is 0 Å². The Morgan fingerprint density at radius 3 is 2.83 bits per heavy atom. The number of carbonyl (C=O) groups is 1. The summed E-state index contributed by atoms with van der Waals surface area (Å²) in [6.45, 7) is 4.34. The Morgan fingerprint density at radius 2 is 2.22 bits per heavy atom. The number of phenolic OH excluding ortho intramolecular Hbond substituents is 1. The molecule has 0 radical (unpaired) electrons. The van der Waals surface area contributed by atoms with Crippen molar-refractivity contribution < 1.29 is 14.6 Å². The molecule has 100 valence electrons. The number of esters is 1. The lowest BCUT2D eigenvalue weighted by Gasteiger charge is -2.16. The molecule has 4 heteroatoms. The fourth-order valence-corrected chi connectivity index (χ4v) is 2.87. The van der Waals surface area contributed by atoms with Crippen molar-refractivity contribution in [3.05, 3.63) is 29.8 Å². The molecular weight excluding hydrogens is 248 g/mol. The van der Waals surface area contributed by atoms with Crippen LogP contribution in [0.1, 0.15) is 37.5 Å². The third-order valence-corrected chi connectivity index (χ3v) is 3.81. The first kappa shape index (κ1) is 14.9. The van der Waals surface area contributed by atoms with Crippen LogP contribution in [0.25, 0.3) is 0 Å². The molecule has 18 heavy (non-hydrogen) atoms. The molecule has 3 nitrogen and oxygen atoms in total. The lowest BCUT2D eigenvalue weighted by Crippen LogP contribution is -2.08. The molecule has 1 aromatic carbocycles. The summed E-state index contributed by atoms with van der Waals surface area (Å²) in [5.74, 6) is 0.447. The Hall–Kier alpha value is -1.16. The lowest BCUT2D eigenvalue weighted by atomic mass is 10.1. The van der Waals surface area contributed by atoms with Crippen molar-refractivity contribution >= 4 is 17.7 Å². The number of benzene rings is 1. The van der Waals surface area contributed by atoms with Gasteiger partial charge in [-0.25, -0.2) is 0 Å². The lowest BCUT2D eigenvalue weighted by molar-refractivity contribution is -0.139. The normalized spacial score (nSPS) is 12.1. The van der Waals surface area contributed by atoms with Crippen molar-refractivity contribution in [1.29, 1.82) is 0 Å². The summed E-state index contributed by atoms with van der Waals surface area (Å²) >= 11 is 1.57. The summed E-state index contributed by atoms with van der Waals surface area (Å²) in [7, 11) is 0. The van der Waals surface area contributed by atoms with Crippen molar-refractivity contribution in [3.8, 4) is 5.75 Å². The topological polar surface area (TPSA) is 46.5 Å². The van der Waals surface area contributed by atoms with Gasteiger partial charge in [0.2, 0.25) is 0 Å². The van der Waals surface area contributed by atoms with E-state index in [9.17, 15) is 9.90 Å². The molecule has 0 heterocycles. The van der Waals surface area contributed by atoms with Crippen LogP contribution in [0.5, 0.6) is 5.75 Å². The van der Waals surface area contributed by atoms with Crippen LogP contribution in [-0.4, -0.2) is 23.4 Å². The van der Waals surface area contributed by atoms with Crippen LogP contribution in [0.15, 0.2) is 24.3 Å². The minimum absolute atomic E-state index is 0.177. The average molecular weight is 268 g/mol. The van der Waals surface area contributed by atoms with E-state index in [1.54, 1.807) is 30.8 Å². The van der Waals surface area contributed by atoms with Gasteiger partial charge in [-0.2, -0.15) is 0 Å². The fraction of sp³-hybridized carbons (Fsp3) is 0.500. The number of phenols is 1. The van der Waals surface area contributed by atoms with Gasteiger partial charge >= 0.3 is 5.97 Å². The Bertz CT molecular complexity index is 379. The summed E-state index contributed by atoms with van der Waals surface area (Å²) in [5.41, 5.74) is 1.06. The molecule has 0 aliphatic heterocycles. The third-order valence-electron chi connectivity index (χ3n) is 2.50. The van der Waals surface area contributed by atoms with Crippen LogP contribution in [0, 0.1) is 0 Å². The molecule has 1 atom stereocenters. The summed E-state index contributed by atoms with van der Waals surface area (Å²) < 4.78 is 4.92. The molecule has 0 amide bonds. The monoisotopic (exact) mass is 268 g/mol. The first-order valence-corrected chi connectivity index (χ1v) is 7.28. The smallest absolute Gasteiger partial charge is 0.315 e. The first-order chi connectivity index (χ1) is 8.67. The zero-order valence-electron chi connectivity index (χ0n) is 10.9. The molecule has 0 aliphatic rings. The van der Waals surface area contributed by atoms with Crippen LogP contribution in [0.3, 0.4) is 0 Å².